The van der Waals surface area contributed by atoms with Gasteiger partial charge in [0.1, 0.15) is 11.3 Å². The van der Waals surface area contributed by atoms with Gasteiger partial charge in [-0.1, -0.05) is 13.8 Å². The normalized spacial score (nSPS) is 11.4. The molecular formula is C15H12F4N2O. The molecule has 0 fully saturated rings. The Kier molecular flexibility index (Phi) is 4.16. The number of nitrogens with one attached hydrogen (secondary N) is 1. The van der Waals surface area contributed by atoms with Gasteiger partial charge in [0.15, 0.2) is 0 Å². The van der Waals surface area contributed by atoms with Crippen molar-refractivity contribution in [3.63, 3.8) is 0 Å². The molecule has 0 radical (unpaired) electrons. The molecule has 0 bridgehead atoms. The van der Waals surface area contributed by atoms with Gasteiger partial charge in [-0.15, -0.1) is 0 Å². The quantitative estimate of drug-likeness (QED) is 0.498. The van der Waals surface area contributed by atoms with E-state index in [1.807, 2.05) is 13.8 Å². The molecule has 0 aliphatic heterocycles. The number of rotatable bonds is 0. The fourth-order valence-corrected chi connectivity index (χ4v) is 2.16. The molecular weight excluding hydrogens is 300 g/mol. The third kappa shape index (κ3) is 2.66. The van der Waals surface area contributed by atoms with Crippen molar-refractivity contribution < 1.29 is 17.6 Å². The number of halogens is 4. The third-order valence-corrected chi connectivity index (χ3v) is 2.95. The molecule has 2 heterocycles. The van der Waals surface area contributed by atoms with E-state index in [1.165, 1.54) is 0 Å². The van der Waals surface area contributed by atoms with E-state index in [9.17, 15) is 22.4 Å². The van der Waals surface area contributed by atoms with Crippen LogP contribution in [0.4, 0.5) is 17.6 Å². The average molecular weight is 312 g/mol. The molecule has 0 saturated heterocycles. The SMILES string of the molecule is CC.O=c1[nH]ccc2c(C(F)(F)F)c3cc(F)ccc3nc12. The predicted molar refractivity (Wildman–Crippen MR) is 76.2 cm³/mol. The number of fused-ring (bicyclic) bond motifs is 2. The topological polar surface area (TPSA) is 45.8 Å². The second-order valence-corrected chi connectivity index (χ2v) is 4.22. The van der Waals surface area contributed by atoms with Crippen molar-refractivity contribution in [3.8, 4) is 0 Å². The van der Waals surface area contributed by atoms with E-state index in [0.29, 0.717) is 0 Å². The summed E-state index contributed by atoms with van der Waals surface area (Å²) in [6.07, 6.45) is -3.62. The number of alkyl halides is 3. The molecule has 3 rings (SSSR count). The number of aromatic amines is 1. The monoisotopic (exact) mass is 312 g/mol. The maximum Gasteiger partial charge on any atom is 0.417 e. The molecule has 0 saturated carbocycles. The third-order valence-electron chi connectivity index (χ3n) is 2.95. The van der Waals surface area contributed by atoms with E-state index in [-0.39, 0.29) is 21.8 Å². The zero-order valence-electron chi connectivity index (χ0n) is 11.8. The Labute approximate surface area is 122 Å². The van der Waals surface area contributed by atoms with Crippen LogP contribution < -0.4 is 5.56 Å². The lowest BCUT2D eigenvalue weighted by Gasteiger charge is -2.13. The van der Waals surface area contributed by atoms with Gasteiger partial charge in [-0.2, -0.15) is 13.2 Å². The zero-order chi connectivity index (χ0) is 16.5. The molecule has 0 spiro atoms. The smallest absolute Gasteiger partial charge is 0.327 e. The van der Waals surface area contributed by atoms with Crippen LogP contribution in [-0.4, -0.2) is 9.97 Å². The highest BCUT2D eigenvalue weighted by Gasteiger charge is 2.35. The van der Waals surface area contributed by atoms with Crippen LogP contribution in [0.2, 0.25) is 0 Å². The zero-order valence-corrected chi connectivity index (χ0v) is 11.8. The number of H-pyrrole nitrogens is 1. The van der Waals surface area contributed by atoms with Gasteiger partial charge in [-0.3, -0.25) is 4.79 Å². The lowest BCUT2D eigenvalue weighted by Crippen LogP contribution is -2.13. The largest absolute Gasteiger partial charge is 0.417 e. The number of nitrogens with zero attached hydrogens (tertiary/aromatic N) is 1. The summed E-state index contributed by atoms with van der Waals surface area (Å²) in [4.78, 5) is 17.8. The van der Waals surface area contributed by atoms with Gasteiger partial charge in [-0.25, -0.2) is 9.37 Å². The first-order valence-electron chi connectivity index (χ1n) is 6.56. The summed E-state index contributed by atoms with van der Waals surface area (Å²) in [6.45, 7) is 4.00. The number of pyridine rings is 2. The summed E-state index contributed by atoms with van der Waals surface area (Å²) in [5.41, 5.74) is -2.18. The van der Waals surface area contributed by atoms with Gasteiger partial charge >= 0.3 is 6.18 Å². The summed E-state index contributed by atoms with van der Waals surface area (Å²) in [7, 11) is 0. The Bertz CT molecular complexity index is 884. The van der Waals surface area contributed by atoms with Crippen LogP contribution in [0.25, 0.3) is 21.8 Å². The lowest BCUT2D eigenvalue weighted by atomic mass is 10.0. The number of aromatic nitrogens is 2. The first-order chi connectivity index (χ1) is 10.4. The second kappa shape index (κ2) is 5.75. The maximum atomic E-state index is 13.2. The molecule has 0 unspecified atom stereocenters. The summed E-state index contributed by atoms with van der Waals surface area (Å²) in [5.74, 6) is -0.797. The van der Waals surface area contributed by atoms with Gasteiger partial charge in [-0.05, 0) is 24.3 Å². The van der Waals surface area contributed by atoms with E-state index in [0.717, 1.165) is 30.5 Å². The van der Waals surface area contributed by atoms with Crippen LogP contribution in [0.3, 0.4) is 0 Å². The standard InChI is InChI=1S/C13H6F4N2O.C2H6/c14-6-1-2-9-8(5-6)10(13(15,16)17)7-3-4-18-12(20)11(7)19-9;1-2/h1-5H,(H,18,20);1-2H3. The molecule has 1 N–H and O–H groups in total. The Morgan fingerprint density at radius 2 is 1.77 bits per heavy atom. The highest BCUT2D eigenvalue weighted by atomic mass is 19.4. The van der Waals surface area contributed by atoms with Crippen molar-refractivity contribution in [2.45, 2.75) is 20.0 Å². The van der Waals surface area contributed by atoms with Gasteiger partial charge < -0.3 is 4.98 Å². The van der Waals surface area contributed by atoms with Gasteiger partial charge in [0.05, 0.1) is 11.1 Å². The van der Waals surface area contributed by atoms with E-state index >= 15 is 0 Å². The average Bonchev–Trinajstić information content (AvgIpc) is 2.46. The van der Waals surface area contributed by atoms with Gasteiger partial charge in [0.25, 0.3) is 5.56 Å². The van der Waals surface area contributed by atoms with Crippen LogP contribution >= 0.6 is 0 Å². The Morgan fingerprint density at radius 3 is 2.41 bits per heavy atom. The molecule has 0 aliphatic rings. The van der Waals surface area contributed by atoms with Crippen molar-refractivity contribution >= 4 is 21.8 Å². The van der Waals surface area contributed by atoms with E-state index in [1.54, 1.807) is 0 Å². The Hall–Kier alpha value is -2.44. The van der Waals surface area contributed by atoms with Crippen molar-refractivity contribution in [1.82, 2.24) is 9.97 Å². The van der Waals surface area contributed by atoms with Crippen LogP contribution in [0.1, 0.15) is 19.4 Å². The minimum atomic E-state index is -4.72. The van der Waals surface area contributed by atoms with Crippen LogP contribution in [0, 0.1) is 5.82 Å². The summed E-state index contributed by atoms with van der Waals surface area (Å²) < 4.78 is 53.0. The van der Waals surface area contributed by atoms with E-state index < -0.39 is 23.1 Å². The molecule has 3 aromatic rings. The number of benzene rings is 1. The number of hydrogen-bond acceptors (Lipinski definition) is 2. The molecule has 22 heavy (non-hydrogen) atoms. The molecule has 1 aromatic carbocycles. The maximum absolute atomic E-state index is 13.2. The van der Waals surface area contributed by atoms with Gasteiger partial charge in [0, 0.05) is 17.0 Å². The van der Waals surface area contributed by atoms with Crippen molar-refractivity contribution in [2.75, 3.05) is 0 Å². The van der Waals surface area contributed by atoms with Crippen molar-refractivity contribution in [2.24, 2.45) is 0 Å². The highest BCUT2D eigenvalue weighted by molar-refractivity contribution is 5.97. The fraction of sp³-hybridized carbons (Fsp3) is 0.200. The van der Waals surface area contributed by atoms with E-state index in [2.05, 4.69) is 9.97 Å². The lowest BCUT2D eigenvalue weighted by molar-refractivity contribution is -0.135. The Balaban J connectivity index is 0.000000847. The van der Waals surface area contributed by atoms with Crippen LogP contribution in [0.15, 0.2) is 35.3 Å². The molecule has 0 aliphatic carbocycles. The molecule has 3 nitrogen and oxygen atoms in total. The summed E-state index contributed by atoms with van der Waals surface area (Å²) >= 11 is 0. The highest BCUT2D eigenvalue weighted by Crippen LogP contribution is 2.38. The van der Waals surface area contributed by atoms with Crippen molar-refractivity contribution in [1.29, 1.82) is 0 Å². The summed E-state index contributed by atoms with van der Waals surface area (Å²) in [6, 6.07) is 3.99. The molecule has 2 aromatic heterocycles. The second-order valence-electron chi connectivity index (χ2n) is 4.22. The minimum Gasteiger partial charge on any atom is -0.327 e. The predicted octanol–water partition coefficient (Wildman–Crippen LogP) is 4.26. The summed E-state index contributed by atoms with van der Waals surface area (Å²) in [5, 5.41) is -0.713. The molecule has 0 amide bonds. The van der Waals surface area contributed by atoms with Crippen molar-refractivity contribution in [3.05, 3.63) is 52.2 Å². The number of hydrogen-bond donors (Lipinski definition) is 1. The molecule has 7 heteroatoms. The van der Waals surface area contributed by atoms with Gasteiger partial charge in [0.2, 0.25) is 0 Å². The molecule has 0 atom stereocenters. The molecule has 116 valence electrons. The Morgan fingerprint density at radius 1 is 1.09 bits per heavy atom. The fourth-order valence-electron chi connectivity index (χ4n) is 2.16. The van der Waals surface area contributed by atoms with Crippen LogP contribution in [-0.2, 0) is 6.18 Å². The van der Waals surface area contributed by atoms with Crippen LogP contribution in [0.5, 0.6) is 0 Å². The minimum absolute atomic E-state index is 0.0806. The first-order valence-corrected chi connectivity index (χ1v) is 6.56. The van der Waals surface area contributed by atoms with E-state index in [4.69, 9.17) is 0 Å². The first kappa shape index (κ1) is 15.9.